The number of alkyl halides is 4. The summed E-state index contributed by atoms with van der Waals surface area (Å²) in [6, 6.07) is 1.01. The van der Waals surface area contributed by atoms with Crippen molar-refractivity contribution >= 4 is 17.4 Å². The van der Waals surface area contributed by atoms with E-state index in [0.717, 1.165) is 6.07 Å². The highest BCUT2D eigenvalue weighted by atomic mass is 35.5. The second-order valence-corrected chi connectivity index (χ2v) is 3.28. The van der Waals surface area contributed by atoms with E-state index >= 15 is 0 Å². The van der Waals surface area contributed by atoms with E-state index in [1.807, 2.05) is 0 Å². The molecule has 0 atom stereocenters. The van der Waals surface area contributed by atoms with Gasteiger partial charge in [0.1, 0.15) is 0 Å². The molecule has 0 radical (unpaired) electrons. The minimum absolute atomic E-state index is 0.0166. The highest BCUT2D eigenvalue weighted by Gasteiger charge is 2.35. The number of nitro groups is 1. The molecule has 9 heteroatoms. The van der Waals surface area contributed by atoms with E-state index in [1.165, 1.54) is 6.92 Å². The number of ether oxygens (including phenoxy) is 1. The van der Waals surface area contributed by atoms with Crippen LogP contribution in [0.1, 0.15) is 11.1 Å². The highest BCUT2D eigenvalue weighted by Crippen LogP contribution is 2.29. The number of rotatable bonds is 3. The van der Waals surface area contributed by atoms with Crippen molar-refractivity contribution in [3.05, 3.63) is 27.3 Å². The van der Waals surface area contributed by atoms with Crippen LogP contribution in [0.5, 0.6) is 5.88 Å². The van der Waals surface area contributed by atoms with Crippen molar-refractivity contribution < 1.29 is 22.8 Å². The van der Waals surface area contributed by atoms with Crippen LogP contribution >= 0.6 is 11.6 Å². The Labute approximate surface area is 98.3 Å². The first-order chi connectivity index (χ1) is 7.74. The Morgan fingerprint density at radius 3 is 2.59 bits per heavy atom. The minimum atomic E-state index is -4.96. The molecule has 0 saturated heterocycles. The molecule has 0 aromatic carbocycles. The molecule has 17 heavy (non-hydrogen) atoms. The Kier molecular flexibility index (Phi) is 3.76. The molecule has 1 aromatic rings. The fourth-order valence-electron chi connectivity index (χ4n) is 1.06. The maximum absolute atomic E-state index is 12.0. The van der Waals surface area contributed by atoms with Crippen LogP contribution in [-0.2, 0) is 5.88 Å². The van der Waals surface area contributed by atoms with Gasteiger partial charge in [0, 0.05) is 22.5 Å². The number of hydrogen-bond acceptors (Lipinski definition) is 4. The third kappa shape index (κ3) is 3.45. The standard InChI is InChI=1S/C8H6ClF3N2O3/c1-4-5(3-9)2-6(14(15)16)13-7(4)17-8(10,11)12/h2H,3H2,1H3. The van der Waals surface area contributed by atoms with Crippen molar-refractivity contribution in [1.82, 2.24) is 4.98 Å². The summed E-state index contributed by atoms with van der Waals surface area (Å²) in [4.78, 5) is 12.7. The highest BCUT2D eigenvalue weighted by molar-refractivity contribution is 6.17. The van der Waals surface area contributed by atoms with Gasteiger partial charge in [-0.25, -0.2) is 0 Å². The van der Waals surface area contributed by atoms with Crippen LogP contribution in [0.4, 0.5) is 19.0 Å². The smallest absolute Gasteiger partial charge is 0.366 e. The zero-order valence-electron chi connectivity index (χ0n) is 8.42. The Bertz CT molecular complexity index is 450. The van der Waals surface area contributed by atoms with Crippen molar-refractivity contribution in [2.75, 3.05) is 0 Å². The lowest BCUT2D eigenvalue weighted by atomic mass is 10.2. The molecule has 0 aliphatic carbocycles. The third-order valence-corrected chi connectivity index (χ3v) is 2.15. The van der Waals surface area contributed by atoms with E-state index in [2.05, 4.69) is 9.72 Å². The molecule has 0 spiro atoms. The number of halogens is 4. The van der Waals surface area contributed by atoms with Crippen LogP contribution in [0.25, 0.3) is 0 Å². The summed E-state index contributed by atoms with van der Waals surface area (Å²) < 4.78 is 39.7. The first-order valence-corrected chi connectivity index (χ1v) is 4.74. The monoisotopic (exact) mass is 270 g/mol. The largest absolute Gasteiger partial charge is 0.575 e. The van der Waals surface area contributed by atoms with E-state index in [0.29, 0.717) is 0 Å². The van der Waals surface area contributed by atoms with Gasteiger partial charge in [0.25, 0.3) is 0 Å². The molecular formula is C8H6ClF3N2O3. The van der Waals surface area contributed by atoms with Crippen LogP contribution in [0, 0.1) is 17.0 Å². The van der Waals surface area contributed by atoms with Crippen molar-refractivity contribution in [2.45, 2.75) is 19.2 Å². The molecule has 0 amide bonds. The first kappa shape index (κ1) is 13.5. The van der Waals surface area contributed by atoms with E-state index in [9.17, 15) is 23.3 Å². The van der Waals surface area contributed by atoms with Crippen molar-refractivity contribution in [3.8, 4) is 5.88 Å². The quantitative estimate of drug-likeness (QED) is 0.481. The summed E-state index contributed by atoms with van der Waals surface area (Å²) in [6.45, 7) is 1.29. The van der Waals surface area contributed by atoms with E-state index in [4.69, 9.17) is 11.6 Å². The number of hydrogen-bond donors (Lipinski definition) is 0. The van der Waals surface area contributed by atoms with Crippen LogP contribution in [-0.4, -0.2) is 16.3 Å². The average molecular weight is 271 g/mol. The van der Waals surface area contributed by atoms with Crippen molar-refractivity contribution in [1.29, 1.82) is 0 Å². The van der Waals surface area contributed by atoms with E-state index in [-0.39, 0.29) is 17.0 Å². The molecule has 0 fully saturated rings. The maximum atomic E-state index is 12.0. The minimum Gasteiger partial charge on any atom is -0.366 e. The Morgan fingerprint density at radius 1 is 1.59 bits per heavy atom. The van der Waals surface area contributed by atoms with Gasteiger partial charge in [-0.05, 0) is 17.4 Å². The van der Waals surface area contributed by atoms with E-state index in [1.54, 1.807) is 0 Å². The van der Waals surface area contributed by atoms with Crippen molar-refractivity contribution in [2.24, 2.45) is 0 Å². The molecule has 1 rings (SSSR count). The molecule has 0 saturated carbocycles. The van der Waals surface area contributed by atoms with Crippen LogP contribution in [0.15, 0.2) is 6.07 Å². The van der Waals surface area contributed by atoms with Crippen LogP contribution in [0.2, 0.25) is 0 Å². The van der Waals surface area contributed by atoms with Gasteiger partial charge in [-0.15, -0.1) is 24.8 Å². The topological polar surface area (TPSA) is 65.3 Å². The molecule has 0 unspecified atom stereocenters. The van der Waals surface area contributed by atoms with Gasteiger partial charge in [-0.1, -0.05) is 0 Å². The predicted molar refractivity (Wildman–Crippen MR) is 51.9 cm³/mol. The molecule has 5 nitrogen and oxygen atoms in total. The molecule has 1 heterocycles. The Balaban J connectivity index is 3.28. The summed E-state index contributed by atoms with van der Waals surface area (Å²) >= 11 is 5.46. The van der Waals surface area contributed by atoms with Gasteiger partial charge < -0.3 is 14.9 Å². The summed E-state index contributed by atoms with van der Waals surface area (Å²) in [5.74, 6) is -1.78. The predicted octanol–water partition coefficient (Wildman–Crippen LogP) is 2.94. The van der Waals surface area contributed by atoms with Gasteiger partial charge in [0.2, 0.25) is 0 Å². The summed E-state index contributed by atoms with van der Waals surface area (Å²) in [5.41, 5.74) is 0.176. The van der Waals surface area contributed by atoms with Gasteiger partial charge >= 0.3 is 18.1 Å². The molecule has 0 bridgehead atoms. The van der Waals surface area contributed by atoms with E-state index < -0.39 is 23.0 Å². The second-order valence-electron chi connectivity index (χ2n) is 3.01. The molecule has 94 valence electrons. The lowest BCUT2D eigenvalue weighted by Gasteiger charge is -2.09. The Morgan fingerprint density at radius 2 is 2.18 bits per heavy atom. The van der Waals surface area contributed by atoms with Gasteiger partial charge in [0.15, 0.2) is 0 Å². The molecular weight excluding hydrogens is 265 g/mol. The summed E-state index contributed by atoms with van der Waals surface area (Å²) in [7, 11) is 0. The number of nitrogens with zero attached hydrogens (tertiary/aromatic N) is 2. The maximum Gasteiger partial charge on any atom is 0.575 e. The molecule has 1 aromatic heterocycles. The van der Waals surface area contributed by atoms with Crippen LogP contribution < -0.4 is 4.74 Å². The zero-order chi connectivity index (χ0) is 13.2. The summed E-state index contributed by atoms with van der Waals surface area (Å²) in [6.07, 6.45) is -4.96. The summed E-state index contributed by atoms with van der Waals surface area (Å²) in [5, 5.41) is 10.5. The van der Waals surface area contributed by atoms with Gasteiger partial charge in [0.05, 0.1) is 0 Å². The number of pyridine rings is 1. The average Bonchev–Trinajstić information content (AvgIpc) is 2.18. The zero-order valence-corrected chi connectivity index (χ0v) is 9.17. The normalized spacial score (nSPS) is 11.4. The Hall–Kier alpha value is -1.57. The first-order valence-electron chi connectivity index (χ1n) is 4.21. The SMILES string of the molecule is Cc1c(CCl)cc([N+](=O)[O-])nc1OC(F)(F)F. The van der Waals surface area contributed by atoms with Crippen molar-refractivity contribution in [3.63, 3.8) is 0 Å². The fraction of sp³-hybridized carbons (Fsp3) is 0.375. The third-order valence-electron chi connectivity index (χ3n) is 1.87. The van der Waals surface area contributed by atoms with Gasteiger partial charge in [-0.2, -0.15) is 0 Å². The molecule has 0 N–H and O–H groups in total. The molecule has 0 aliphatic heterocycles. The molecule has 0 aliphatic rings. The lowest BCUT2D eigenvalue weighted by molar-refractivity contribution is -0.390. The van der Waals surface area contributed by atoms with Crippen LogP contribution in [0.3, 0.4) is 0 Å². The van der Waals surface area contributed by atoms with Gasteiger partial charge in [-0.3, -0.25) is 0 Å². The number of aromatic nitrogens is 1. The fourth-order valence-corrected chi connectivity index (χ4v) is 1.34. The second kappa shape index (κ2) is 4.74. The lowest BCUT2D eigenvalue weighted by Crippen LogP contribution is -2.19.